The first-order chi connectivity index (χ1) is 11.9. The van der Waals surface area contributed by atoms with Crippen molar-refractivity contribution in [2.45, 2.75) is 39.5 Å². The van der Waals surface area contributed by atoms with Crippen LogP contribution < -0.4 is 5.32 Å². The Morgan fingerprint density at radius 3 is 1.88 bits per heavy atom. The summed E-state index contributed by atoms with van der Waals surface area (Å²) in [4.78, 5) is 25.2. The van der Waals surface area contributed by atoms with Crippen LogP contribution in [0.15, 0.2) is 54.2 Å². The predicted octanol–water partition coefficient (Wildman–Crippen LogP) is 5.31. The van der Waals surface area contributed by atoms with Gasteiger partial charge in [-0.05, 0) is 23.0 Å². The van der Waals surface area contributed by atoms with Crippen LogP contribution in [0.5, 0.6) is 0 Å². The monoisotopic (exact) mass is 333 g/mol. The number of ketones is 2. The van der Waals surface area contributed by atoms with Gasteiger partial charge < -0.3 is 5.32 Å². The van der Waals surface area contributed by atoms with E-state index >= 15 is 0 Å². The first kappa shape index (κ1) is 17.2. The lowest BCUT2D eigenvalue weighted by Crippen LogP contribution is -2.22. The van der Waals surface area contributed by atoms with Crippen molar-refractivity contribution in [2.24, 2.45) is 0 Å². The lowest BCUT2D eigenvalue weighted by molar-refractivity contribution is 0.0985. The molecular formula is C22H23NO2. The summed E-state index contributed by atoms with van der Waals surface area (Å²) in [6.45, 7) is 8.51. The zero-order valence-electron chi connectivity index (χ0n) is 15.1. The standard InChI is InChI=1S/C22H23NO2/c1-13(2)15-10-7-11-16(14(3)4)21(15)23-19-12-20(24)17-8-5-6-9-18(17)22(19)25/h5-14,23H,1-4H3. The molecule has 0 saturated heterocycles. The molecule has 0 atom stereocenters. The molecule has 1 aliphatic rings. The normalized spacial score (nSPS) is 13.9. The molecule has 0 unspecified atom stereocenters. The second-order valence-corrected chi connectivity index (χ2v) is 7.04. The molecule has 1 N–H and O–H groups in total. The number of nitrogens with one attached hydrogen (secondary N) is 1. The molecule has 0 saturated carbocycles. The number of benzene rings is 2. The van der Waals surface area contributed by atoms with Gasteiger partial charge in [0.15, 0.2) is 5.78 Å². The van der Waals surface area contributed by atoms with Crippen molar-refractivity contribution in [3.8, 4) is 0 Å². The number of para-hydroxylation sites is 1. The van der Waals surface area contributed by atoms with Gasteiger partial charge in [0, 0.05) is 22.9 Å². The fourth-order valence-corrected chi connectivity index (χ4v) is 3.24. The zero-order valence-corrected chi connectivity index (χ0v) is 15.1. The highest BCUT2D eigenvalue weighted by molar-refractivity contribution is 6.25. The Bertz CT molecular complexity index is 849. The Morgan fingerprint density at radius 2 is 1.32 bits per heavy atom. The number of hydrogen-bond donors (Lipinski definition) is 1. The molecule has 0 aliphatic heterocycles. The number of carbonyl (C=O) groups excluding carboxylic acids is 2. The van der Waals surface area contributed by atoms with Crippen LogP contribution in [0.4, 0.5) is 5.69 Å². The fraction of sp³-hybridized carbons (Fsp3) is 0.273. The molecule has 3 rings (SSSR count). The summed E-state index contributed by atoms with van der Waals surface area (Å²) in [7, 11) is 0. The van der Waals surface area contributed by atoms with Gasteiger partial charge in [-0.25, -0.2) is 0 Å². The molecule has 0 radical (unpaired) electrons. The van der Waals surface area contributed by atoms with E-state index in [2.05, 4.69) is 45.1 Å². The molecule has 2 aromatic rings. The third-order valence-corrected chi connectivity index (χ3v) is 4.59. The first-order valence-corrected chi connectivity index (χ1v) is 8.69. The predicted molar refractivity (Wildman–Crippen MR) is 101 cm³/mol. The Labute approximate surface area is 148 Å². The minimum Gasteiger partial charge on any atom is -0.352 e. The van der Waals surface area contributed by atoms with Gasteiger partial charge in [-0.1, -0.05) is 70.2 Å². The van der Waals surface area contributed by atoms with Crippen LogP contribution in [0.25, 0.3) is 0 Å². The Balaban J connectivity index is 2.07. The van der Waals surface area contributed by atoms with E-state index in [1.165, 1.54) is 6.08 Å². The number of anilines is 1. The van der Waals surface area contributed by atoms with Crippen molar-refractivity contribution < 1.29 is 9.59 Å². The highest BCUT2D eigenvalue weighted by Crippen LogP contribution is 2.34. The van der Waals surface area contributed by atoms with Gasteiger partial charge in [0.25, 0.3) is 0 Å². The topological polar surface area (TPSA) is 46.2 Å². The summed E-state index contributed by atoms with van der Waals surface area (Å²) in [5.41, 5.74) is 4.51. The van der Waals surface area contributed by atoms with Gasteiger partial charge in [-0.15, -0.1) is 0 Å². The maximum atomic E-state index is 12.8. The SMILES string of the molecule is CC(C)c1cccc(C(C)C)c1NC1=CC(=O)c2ccccc2C1=O. The summed E-state index contributed by atoms with van der Waals surface area (Å²) in [6, 6.07) is 13.2. The van der Waals surface area contributed by atoms with Crippen LogP contribution >= 0.6 is 0 Å². The largest absolute Gasteiger partial charge is 0.352 e. The summed E-state index contributed by atoms with van der Waals surface area (Å²) in [5.74, 6) is 0.348. The van der Waals surface area contributed by atoms with E-state index in [1.54, 1.807) is 24.3 Å². The third kappa shape index (κ3) is 3.14. The molecule has 0 fully saturated rings. The van der Waals surface area contributed by atoms with Crippen LogP contribution in [0.3, 0.4) is 0 Å². The van der Waals surface area contributed by atoms with Gasteiger partial charge >= 0.3 is 0 Å². The summed E-state index contributed by atoms with van der Waals surface area (Å²) < 4.78 is 0. The molecule has 0 aromatic heterocycles. The lowest BCUT2D eigenvalue weighted by atomic mass is 9.90. The Morgan fingerprint density at radius 1 is 0.760 bits per heavy atom. The summed E-state index contributed by atoms with van der Waals surface area (Å²) in [5, 5.41) is 3.29. The highest BCUT2D eigenvalue weighted by Gasteiger charge is 2.26. The number of hydrogen-bond acceptors (Lipinski definition) is 3. The van der Waals surface area contributed by atoms with Gasteiger partial charge in [-0.3, -0.25) is 9.59 Å². The van der Waals surface area contributed by atoms with Crippen molar-refractivity contribution in [2.75, 3.05) is 5.32 Å². The number of carbonyl (C=O) groups is 2. The van der Waals surface area contributed by atoms with E-state index in [9.17, 15) is 9.59 Å². The molecule has 0 spiro atoms. The summed E-state index contributed by atoms with van der Waals surface area (Å²) in [6.07, 6.45) is 1.42. The number of fused-ring (bicyclic) bond motifs is 1. The molecule has 1 aliphatic carbocycles. The maximum absolute atomic E-state index is 12.8. The highest BCUT2D eigenvalue weighted by atomic mass is 16.1. The van der Waals surface area contributed by atoms with Gasteiger partial charge in [-0.2, -0.15) is 0 Å². The fourth-order valence-electron chi connectivity index (χ4n) is 3.24. The van der Waals surface area contributed by atoms with Crippen LogP contribution in [0, 0.1) is 0 Å². The third-order valence-electron chi connectivity index (χ3n) is 4.59. The molecular weight excluding hydrogens is 310 g/mol. The Hall–Kier alpha value is -2.68. The van der Waals surface area contributed by atoms with Crippen LogP contribution in [-0.4, -0.2) is 11.6 Å². The lowest BCUT2D eigenvalue weighted by Gasteiger charge is -2.23. The molecule has 128 valence electrons. The van der Waals surface area contributed by atoms with Gasteiger partial charge in [0.2, 0.25) is 5.78 Å². The average molecular weight is 333 g/mol. The van der Waals surface area contributed by atoms with Crippen LogP contribution in [0.1, 0.15) is 71.4 Å². The van der Waals surface area contributed by atoms with Gasteiger partial charge in [0.05, 0.1) is 5.70 Å². The van der Waals surface area contributed by atoms with E-state index in [-0.39, 0.29) is 11.6 Å². The minimum absolute atomic E-state index is 0.133. The Kier molecular flexibility index (Phi) is 4.58. The minimum atomic E-state index is -0.136. The molecule has 3 heteroatoms. The van der Waals surface area contributed by atoms with Gasteiger partial charge in [0.1, 0.15) is 0 Å². The average Bonchev–Trinajstić information content (AvgIpc) is 2.59. The maximum Gasteiger partial charge on any atom is 0.210 e. The van der Waals surface area contributed by atoms with Crippen molar-refractivity contribution in [3.05, 3.63) is 76.5 Å². The number of allylic oxidation sites excluding steroid dienone is 2. The van der Waals surface area contributed by atoms with E-state index in [0.717, 1.165) is 16.8 Å². The second kappa shape index (κ2) is 6.67. The summed E-state index contributed by atoms with van der Waals surface area (Å²) >= 11 is 0. The van der Waals surface area contributed by atoms with E-state index < -0.39 is 0 Å². The van der Waals surface area contributed by atoms with Crippen molar-refractivity contribution >= 4 is 17.3 Å². The zero-order chi connectivity index (χ0) is 18.1. The molecule has 0 bridgehead atoms. The van der Waals surface area contributed by atoms with Crippen LogP contribution in [0.2, 0.25) is 0 Å². The number of Topliss-reactive ketones (excluding diaryl/α,β-unsaturated/α-hetero) is 1. The second-order valence-electron chi connectivity index (χ2n) is 7.04. The smallest absolute Gasteiger partial charge is 0.210 e. The first-order valence-electron chi connectivity index (χ1n) is 8.69. The van der Waals surface area contributed by atoms with Crippen LogP contribution in [-0.2, 0) is 0 Å². The molecule has 0 heterocycles. The molecule has 2 aromatic carbocycles. The van der Waals surface area contributed by atoms with E-state index in [4.69, 9.17) is 0 Å². The number of rotatable bonds is 4. The van der Waals surface area contributed by atoms with Crippen molar-refractivity contribution in [1.29, 1.82) is 0 Å². The van der Waals surface area contributed by atoms with Crippen molar-refractivity contribution in [3.63, 3.8) is 0 Å². The molecule has 3 nitrogen and oxygen atoms in total. The van der Waals surface area contributed by atoms with E-state index in [1.807, 2.05) is 6.07 Å². The van der Waals surface area contributed by atoms with E-state index in [0.29, 0.717) is 28.7 Å². The quantitative estimate of drug-likeness (QED) is 0.825. The molecule has 25 heavy (non-hydrogen) atoms. The molecule has 0 amide bonds. The van der Waals surface area contributed by atoms with Crippen molar-refractivity contribution in [1.82, 2.24) is 0 Å².